The zero-order valence-electron chi connectivity index (χ0n) is 10.8. The van der Waals surface area contributed by atoms with Crippen molar-refractivity contribution in [2.24, 2.45) is 7.05 Å². The van der Waals surface area contributed by atoms with Gasteiger partial charge >= 0.3 is 0 Å². The van der Waals surface area contributed by atoms with E-state index in [1.54, 1.807) is 13.1 Å². The van der Waals surface area contributed by atoms with E-state index in [1.165, 1.54) is 16.9 Å². The minimum Gasteiger partial charge on any atom is -0.310 e. The van der Waals surface area contributed by atoms with Crippen molar-refractivity contribution >= 4 is 22.6 Å². The SMILES string of the molecule is CCNC(Cc1nnn(C)n1)c1ccc(F)cc1I. The molecule has 2 rings (SSSR count). The van der Waals surface area contributed by atoms with E-state index in [-0.39, 0.29) is 11.9 Å². The van der Waals surface area contributed by atoms with Crippen LogP contribution in [0.15, 0.2) is 18.2 Å². The van der Waals surface area contributed by atoms with Crippen LogP contribution in [0, 0.1) is 9.39 Å². The second-order valence-electron chi connectivity index (χ2n) is 4.18. The Bertz CT molecular complexity index is 557. The zero-order chi connectivity index (χ0) is 13.8. The van der Waals surface area contributed by atoms with E-state index >= 15 is 0 Å². The number of benzene rings is 1. The molecule has 7 heteroatoms. The van der Waals surface area contributed by atoms with Gasteiger partial charge in [0, 0.05) is 16.0 Å². The molecule has 5 nitrogen and oxygen atoms in total. The first-order chi connectivity index (χ1) is 9.10. The third kappa shape index (κ3) is 3.69. The molecule has 2 aromatic rings. The van der Waals surface area contributed by atoms with E-state index in [2.05, 4.69) is 43.3 Å². The standard InChI is InChI=1S/C12H15FIN5/c1-3-15-11(7-12-16-18-19(2)17-12)9-5-4-8(13)6-10(9)14/h4-6,11,15H,3,7H2,1-2H3. The summed E-state index contributed by atoms with van der Waals surface area (Å²) in [6, 6.07) is 4.87. The van der Waals surface area contributed by atoms with E-state index in [1.807, 2.05) is 6.92 Å². The van der Waals surface area contributed by atoms with Crippen LogP contribution in [0.1, 0.15) is 24.4 Å². The summed E-state index contributed by atoms with van der Waals surface area (Å²) in [5.74, 6) is 0.453. The van der Waals surface area contributed by atoms with Gasteiger partial charge in [-0.05, 0) is 52.0 Å². The number of hydrogen-bond donors (Lipinski definition) is 1. The van der Waals surface area contributed by atoms with Crippen molar-refractivity contribution in [3.05, 3.63) is 39.0 Å². The van der Waals surface area contributed by atoms with Crippen molar-refractivity contribution in [3.8, 4) is 0 Å². The van der Waals surface area contributed by atoms with Gasteiger partial charge in [-0.25, -0.2) is 4.39 Å². The topological polar surface area (TPSA) is 55.6 Å². The van der Waals surface area contributed by atoms with Gasteiger partial charge in [-0.15, -0.1) is 10.2 Å². The maximum absolute atomic E-state index is 13.2. The number of hydrogen-bond acceptors (Lipinski definition) is 4. The Morgan fingerprint density at radius 3 is 2.84 bits per heavy atom. The number of likely N-dealkylation sites (N-methyl/N-ethyl adjacent to an activating group) is 1. The first kappa shape index (κ1) is 14.3. The van der Waals surface area contributed by atoms with Crippen LogP contribution in [0.3, 0.4) is 0 Å². The van der Waals surface area contributed by atoms with Gasteiger partial charge < -0.3 is 5.32 Å². The summed E-state index contributed by atoms with van der Waals surface area (Å²) in [5, 5.41) is 15.4. The van der Waals surface area contributed by atoms with Crippen molar-refractivity contribution in [2.45, 2.75) is 19.4 Å². The van der Waals surface area contributed by atoms with Crippen LogP contribution in [-0.2, 0) is 13.5 Å². The average Bonchev–Trinajstić information content (AvgIpc) is 2.74. The number of rotatable bonds is 5. The predicted molar refractivity (Wildman–Crippen MR) is 78.0 cm³/mol. The van der Waals surface area contributed by atoms with E-state index in [4.69, 9.17) is 0 Å². The van der Waals surface area contributed by atoms with Crippen LogP contribution in [0.2, 0.25) is 0 Å². The summed E-state index contributed by atoms with van der Waals surface area (Å²) in [6.07, 6.45) is 0.628. The Morgan fingerprint density at radius 2 is 2.26 bits per heavy atom. The molecule has 0 amide bonds. The van der Waals surface area contributed by atoms with Crippen molar-refractivity contribution in [2.75, 3.05) is 6.54 Å². The minimum absolute atomic E-state index is 0.0571. The Balaban J connectivity index is 2.23. The molecule has 0 saturated heterocycles. The van der Waals surface area contributed by atoms with Gasteiger partial charge in [0.2, 0.25) is 0 Å². The number of nitrogens with one attached hydrogen (secondary N) is 1. The van der Waals surface area contributed by atoms with E-state index in [0.717, 1.165) is 15.7 Å². The maximum atomic E-state index is 13.2. The summed E-state index contributed by atoms with van der Waals surface area (Å²) in [6.45, 7) is 2.85. The van der Waals surface area contributed by atoms with Crippen molar-refractivity contribution in [3.63, 3.8) is 0 Å². The smallest absolute Gasteiger partial charge is 0.176 e. The van der Waals surface area contributed by atoms with Gasteiger partial charge in [0.15, 0.2) is 5.82 Å². The lowest BCUT2D eigenvalue weighted by molar-refractivity contribution is 0.530. The summed E-state index contributed by atoms with van der Waals surface area (Å²) in [7, 11) is 1.74. The number of tetrazole rings is 1. The number of halogens is 2. The van der Waals surface area contributed by atoms with Crippen LogP contribution in [0.25, 0.3) is 0 Å². The first-order valence-corrected chi connectivity index (χ1v) is 7.09. The number of aromatic nitrogens is 4. The molecule has 1 atom stereocenters. The second-order valence-corrected chi connectivity index (χ2v) is 5.34. The molecule has 0 aliphatic carbocycles. The summed E-state index contributed by atoms with van der Waals surface area (Å²) < 4.78 is 14.1. The van der Waals surface area contributed by atoms with Crippen LogP contribution in [0.5, 0.6) is 0 Å². The summed E-state index contributed by atoms with van der Waals surface area (Å²) in [5.41, 5.74) is 1.05. The molecule has 0 saturated carbocycles. The van der Waals surface area contributed by atoms with Crippen LogP contribution < -0.4 is 5.32 Å². The monoisotopic (exact) mass is 375 g/mol. The lowest BCUT2D eigenvalue weighted by Gasteiger charge is -2.18. The molecule has 1 aromatic carbocycles. The van der Waals surface area contributed by atoms with E-state index in [9.17, 15) is 4.39 Å². The van der Waals surface area contributed by atoms with Crippen molar-refractivity contribution in [1.82, 2.24) is 25.5 Å². The molecule has 0 aliphatic heterocycles. The third-order valence-electron chi connectivity index (χ3n) is 2.72. The highest BCUT2D eigenvalue weighted by molar-refractivity contribution is 14.1. The largest absolute Gasteiger partial charge is 0.310 e. The molecule has 19 heavy (non-hydrogen) atoms. The highest BCUT2D eigenvalue weighted by Crippen LogP contribution is 2.23. The third-order valence-corrected chi connectivity index (χ3v) is 3.66. The molecule has 0 bridgehead atoms. The Hall–Kier alpha value is -1.09. The molecular formula is C12H15FIN5. The fourth-order valence-electron chi connectivity index (χ4n) is 1.91. The van der Waals surface area contributed by atoms with E-state index in [0.29, 0.717) is 12.2 Å². The van der Waals surface area contributed by atoms with Gasteiger partial charge in [-0.2, -0.15) is 4.80 Å². The van der Waals surface area contributed by atoms with Crippen molar-refractivity contribution < 1.29 is 4.39 Å². The van der Waals surface area contributed by atoms with Crippen LogP contribution in [0.4, 0.5) is 4.39 Å². The van der Waals surface area contributed by atoms with Gasteiger partial charge in [0.25, 0.3) is 0 Å². The second kappa shape index (κ2) is 6.38. The molecule has 0 fully saturated rings. The van der Waals surface area contributed by atoms with Crippen LogP contribution >= 0.6 is 22.6 Å². The normalized spacial score (nSPS) is 12.6. The minimum atomic E-state index is -0.221. The molecular weight excluding hydrogens is 360 g/mol. The molecule has 102 valence electrons. The Morgan fingerprint density at radius 1 is 1.47 bits per heavy atom. The fraction of sp³-hybridized carbons (Fsp3) is 0.417. The lowest BCUT2D eigenvalue weighted by atomic mass is 10.0. The number of nitrogens with zero attached hydrogens (tertiary/aromatic N) is 4. The highest BCUT2D eigenvalue weighted by Gasteiger charge is 2.17. The van der Waals surface area contributed by atoms with E-state index < -0.39 is 0 Å². The van der Waals surface area contributed by atoms with Gasteiger partial charge in [0.1, 0.15) is 5.82 Å². The molecule has 0 spiro atoms. The quantitative estimate of drug-likeness (QED) is 0.811. The van der Waals surface area contributed by atoms with Crippen LogP contribution in [-0.4, -0.2) is 26.8 Å². The average molecular weight is 375 g/mol. The summed E-state index contributed by atoms with van der Waals surface area (Å²) >= 11 is 2.15. The summed E-state index contributed by atoms with van der Waals surface area (Å²) in [4.78, 5) is 1.44. The molecule has 1 unspecified atom stereocenters. The lowest BCUT2D eigenvalue weighted by Crippen LogP contribution is -2.24. The maximum Gasteiger partial charge on any atom is 0.176 e. The Kier molecular flexibility index (Phi) is 4.81. The van der Waals surface area contributed by atoms with Crippen molar-refractivity contribution in [1.29, 1.82) is 0 Å². The molecule has 1 aromatic heterocycles. The predicted octanol–water partition coefficient (Wildman–Crippen LogP) is 1.85. The first-order valence-electron chi connectivity index (χ1n) is 6.01. The molecule has 0 radical (unpaired) electrons. The fourth-order valence-corrected chi connectivity index (χ4v) is 2.76. The number of aryl methyl sites for hydroxylation is 1. The molecule has 0 aliphatic rings. The van der Waals surface area contributed by atoms with Gasteiger partial charge in [-0.3, -0.25) is 0 Å². The van der Waals surface area contributed by atoms with Gasteiger partial charge in [0.05, 0.1) is 7.05 Å². The molecule has 1 heterocycles. The highest BCUT2D eigenvalue weighted by atomic mass is 127. The molecule has 1 N–H and O–H groups in total. The van der Waals surface area contributed by atoms with Gasteiger partial charge in [-0.1, -0.05) is 13.0 Å². The Labute approximate surface area is 124 Å². The zero-order valence-corrected chi connectivity index (χ0v) is 12.9.